The maximum absolute atomic E-state index is 13.6. The molecule has 0 radical (unpaired) electrons. The topological polar surface area (TPSA) is 24.9 Å². The summed E-state index contributed by atoms with van der Waals surface area (Å²) in [6.07, 6.45) is -2.21. The number of anilines is 1. The minimum atomic E-state index is -4.56. The SMILES string of the molecule is CC(Nc1cc(C(F)(F)F)ccc1F)c1cncc(F)c1. The van der Waals surface area contributed by atoms with E-state index in [0.717, 1.165) is 12.3 Å². The van der Waals surface area contributed by atoms with Crippen molar-refractivity contribution in [3.8, 4) is 0 Å². The largest absolute Gasteiger partial charge is 0.416 e. The van der Waals surface area contributed by atoms with Crippen molar-refractivity contribution in [2.24, 2.45) is 0 Å². The normalized spacial score (nSPS) is 13.0. The van der Waals surface area contributed by atoms with Crippen molar-refractivity contribution in [2.75, 3.05) is 5.32 Å². The number of pyridine rings is 1. The van der Waals surface area contributed by atoms with Gasteiger partial charge in [-0.25, -0.2) is 8.78 Å². The smallest absolute Gasteiger partial charge is 0.376 e. The van der Waals surface area contributed by atoms with E-state index in [1.165, 1.54) is 12.3 Å². The molecular formula is C14H11F5N2. The van der Waals surface area contributed by atoms with Crippen LogP contribution in [0.4, 0.5) is 27.6 Å². The van der Waals surface area contributed by atoms with Crippen molar-refractivity contribution in [3.05, 3.63) is 59.4 Å². The molecule has 2 aromatic rings. The minimum absolute atomic E-state index is 0.304. The average molecular weight is 302 g/mol. The molecule has 1 aromatic carbocycles. The van der Waals surface area contributed by atoms with Crippen molar-refractivity contribution in [2.45, 2.75) is 19.1 Å². The zero-order valence-corrected chi connectivity index (χ0v) is 10.9. The van der Waals surface area contributed by atoms with Gasteiger partial charge in [0.05, 0.1) is 23.5 Å². The second-order valence-electron chi connectivity index (χ2n) is 4.49. The Balaban J connectivity index is 2.26. The molecule has 112 valence electrons. The molecule has 1 unspecified atom stereocenters. The van der Waals surface area contributed by atoms with Crippen LogP contribution in [0, 0.1) is 11.6 Å². The van der Waals surface area contributed by atoms with Crippen LogP contribution in [0.15, 0.2) is 36.7 Å². The van der Waals surface area contributed by atoms with Crippen molar-refractivity contribution in [1.82, 2.24) is 4.98 Å². The first-order chi connectivity index (χ1) is 9.77. The van der Waals surface area contributed by atoms with Crippen molar-refractivity contribution < 1.29 is 22.0 Å². The predicted octanol–water partition coefficient (Wildman–Crippen LogP) is 4.55. The summed E-state index contributed by atoms with van der Waals surface area (Å²) >= 11 is 0. The van der Waals surface area contributed by atoms with Crippen LogP contribution in [0.3, 0.4) is 0 Å². The molecule has 0 saturated carbocycles. The van der Waals surface area contributed by atoms with E-state index in [2.05, 4.69) is 10.3 Å². The minimum Gasteiger partial charge on any atom is -0.376 e. The van der Waals surface area contributed by atoms with Gasteiger partial charge in [0.25, 0.3) is 0 Å². The fourth-order valence-corrected chi connectivity index (χ4v) is 1.79. The number of hydrogen-bond donors (Lipinski definition) is 1. The van der Waals surface area contributed by atoms with Crippen LogP contribution >= 0.6 is 0 Å². The molecule has 1 heterocycles. The highest BCUT2D eigenvalue weighted by Crippen LogP contribution is 2.32. The molecule has 0 saturated heterocycles. The summed E-state index contributed by atoms with van der Waals surface area (Å²) in [6.45, 7) is 1.57. The zero-order valence-electron chi connectivity index (χ0n) is 10.9. The van der Waals surface area contributed by atoms with Crippen molar-refractivity contribution in [1.29, 1.82) is 0 Å². The molecule has 21 heavy (non-hydrogen) atoms. The Morgan fingerprint density at radius 2 is 1.81 bits per heavy atom. The number of halogens is 5. The van der Waals surface area contributed by atoms with Crippen LogP contribution < -0.4 is 5.32 Å². The number of nitrogens with one attached hydrogen (secondary N) is 1. The van der Waals surface area contributed by atoms with Gasteiger partial charge in [0.2, 0.25) is 0 Å². The third-order valence-electron chi connectivity index (χ3n) is 2.89. The Kier molecular flexibility index (Phi) is 4.11. The number of hydrogen-bond acceptors (Lipinski definition) is 2. The summed E-state index contributed by atoms with van der Waals surface area (Å²) in [4.78, 5) is 3.64. The first kappa shape index (κ1) is 15.2. The van der Waals surface area contributed by atoms with Gasteiger partial charge in [0.15, 0.2) is 0 Å². The van der Waals surface area contributed by atoms with Gasteiger partial charge in [-0.3, -0.25) is 4.98 Å². The average Bonchev–Trinajstić information content (AvgIpc) is 2.40. The summed E-state index contributed by atoms with van der Waals surface area (Å²) < 4.78 is 64.5. The molecule has 1 atom stereocenters. The van der Waals surface area contributed by atoms with E-state index in [4.69, 9.17) is 0 Å². The predicted molar refractivity (Wildman–Crippen MR) is 67.6 cm³/mol. The lowest BCUT2D eigenvalue weighted by Crippen LogP contribution is -2.11. The highest BCUT2D eigenvalue weighted by molar-refractivity contribution is 5.49. The van der Waals surface area contributed by atoms with E-state index in [-0.39, 0.29) is 5.69 Å². The zero-order chi connectivity index (χ0) is 15.6. The standard InChI is InChI=1S/C14H11F5N2/c1-8(9-4-11(15)7-20-6-9)21-13-5-10(14(17,18)19)2-3-12(13)16/h2-8,21H,1H3. The first-order valence-electron chi connectivity index (χ1n) is 6.01. The van der Waals surface area contributed by atoms with Gasteiger partial charge in [0, 0.05) is 6.20 Å². The fraction of sp³-hybridized carbons (Fsp3) is 0.214. The lowest BCUT2D eigenvalue weighted by Gasteiger charge is -2.17. The van der Waals surface area contributed by atoms with Crippen molar-refractivity contribution in [3.63, 3.8) is 0 Å². The molecule has 0 amide bonds. The molecule has 1 aromatic heterocycles. The number of benzene rings is 1. The van der Waals surface area contributed by atoms with Crippen LogP contribution in [-0.4, -0.2) is 4.98 Å². The summed E-state index contributed by atoms with van der Waals surface area (Å²) in [7, 11) is 0. The van der Waals surface area contributed by atoms with E-state index in [1.54, 1.807) is 6.92 Å². The second kappa shape index (κ2) is 5.67. The Morgan fingerprint density at radius 1 is 1.10 bits per heavy atom. The number of aromatic nitrogens is 1. The van der Waals surface area contributed by atoms with Gasteiger partial charge < -0.3 is 5.32 Å². The molecule has 0 bridgehead atoms. The lowest BCUT2D eigenvalue weighted by atomic mass is 10.1. The van der Waals surface area contributed by atoms with Gasteiger partial charge in [0.1, 0.15) is 11.6 Å². The maximum Gasteiger partial charge on any atom is 0.416 e. The quantitative estimate of drug-likeness (QED) is 0.841. The van der Waals surface area contributed by atoms with Gasteiger partial charge in [-0.1, -0.05) is 0 Å². The van der Waals surface area contributed by atoms with Crippen LogP contribution in [0.5, 0.6) is 0 Å². The van der Waals surface area contributed by atoms with Crippen LogP contribution in [0.2, 0.25) is 0 Å². The number of alkyl halides is 3. The molecule has 0 aliphatic carbocycles. The van der Waals surface area contributed by atoms with E-state index in [9.17, 15) is 22.0 Å². The fourth-order valence-electron chi connectivity index (χ4n) is 1.79. The van der Waals surface area contributed by atoms with Crippen LogP contribution in [-0.2, 0) is 6.18 Å². The highest BCUT2D eigenvalue weighted by Gasteiger charge is 2.31. The van der Waals surface area contributed by atoms with Crippen LogP contribution in [0.25, 0.3) is 0 Å². The van der Waals surface area contributed by atoms with Gasteiger partial charge in [-0.05, 0) is 36.8 Å². The molecule has 2 rings (SSSR count). The molecule has 0 aliphatic rings. The summed E-state index contributed by atoms with van der Waals surface area (Å²) in [5.74, 6) is -1.40. The van der Waals surface area contributed by atoms with Gasteiger partial charge >= 0.3 is 6.18 Å². The van der Waals surface area contributed by atoms with Crippen molar-refractivity contribution >= 4 is 5.69 Å². The molecule has 2 nitrogen and oxygen atoms in total. The van der Waals surface area contributed by atoms with E-state index in [0.29, 0.717) is 17.7 Å². The third-order valence-corrected chi connectivity index (χ3v) is 2.89. The molecule has 0 aliphatic heterocycles. The Bertz CT molecular complexity index is 640. The molecule has 1 N–H and O–H groups in total. The Labute approximate surface area is 117 Å². The highest BCUT2D eigenvalue weighted by atomic mass is 19.4. The monoisotopic (exact) mass is 302 g/mol. The summed E-state index contributed by atoms with van der Waals surface area (Å²) in [6, 6.07) is 2.65. The number of rotatable bonds is 3. The molecule has 7 heteroatoms. The van der Waals surface area contributed by atoms with E-state index < -0.39 is 29.4 Å². The Morgan fingerprint density at radius 3 is 2.43 bits per heavy atom. The van der Waals surface area contributed by atoms with Gasteiger partial charge in [-0.15, -0.1) is 0 Å². The maximum atomic E-state index is 13.6. The summed E-state index contributed by atoms with van der Waals surface area (Å²) in [5, 5.41) is 2.58. The molecule has 0 fully saturated rings. The first-order valence-corrected chi connectivity index (χ1v) is 6.01. The molecular weight excluding hydrogens is 291 g/mol. The second-order valence-corrected chi connectivity index (χ2v) is 4.49. The summed E-state index contributed by atoms with van der Waals surface area (Å²) in [5.41, 5.74) is -0.871. The van der Waals surface area contributed by atoms with E-state index >= 15 is 0 Å². The van der Waals surface area contributed by atoms with E-state index in [1.807, 2.05) is 0 Å². The molecule has 0 spiro atoms. The van der Waals surface area contributed by atoms with Gasteiger partial charge in [-0.2, -0.15) is 13.2 Å². The van der Waals surface area contributed by atoms with Crippen LogP contribution in [0.1, 0.15) is 24.1 Å². The Hall–Kier alpha value is -2.18. The lowest BCUT2D eigenvalue weighted by molar-refractivity contribution is -0.137. The number of nitrogens with zero attached hydrogens (tertiary/aromatic N) is 1. The third kappa shape index (κ3) is 3.68.